The highest BCUT2D eigenvalue weighted by atomic mass is 16.6. The number of carbonyl (C=O) groups excluding carboxylic acids is 1. The summed E-state index contributed by atoms with van der Waals surface area (Å²) in [4.78, 5) is 23.7. The Morgan fingerprint density at radius 2 is 1.46 bits per heavy atom. The third-order valence-corrected chi connectivity index (χ3v) is 11.9. The highest BCUT2D eigenvalue weighted by Gasteiger charge is 2.51. The van der Waals surface area contributed by atoms with E-state index in [1.165, 1.54) is 6.08 Å². The fraction of sp³-hybridized carbons (Fsp3) is 0.854. The number of aliphatic carboxylic acids is 1. The Bertz CT molecular complexity index is 1120. The first-order valence-electron chi connectivity index (χ1n) is 19.4. The van der Waals surface area contributed by atoms with Crippen molar-refractivity contribution >= 4 is 11.8 Å². The minimum Gasteiger partial charge on any atom is -0.512 e. The zero-order chi connectivity index (χ0) is 38.0. The number of carboxylic acids is 1. The van der Waals surface area contributed by atoms with Crippen LogP contribution in [0.4, 0.5) is 0 Å². The molecule has 0 aromatic heterocycles. The third-order valence-electron chi connectivity index (χ3n) is 11.9. The molecule has 50 heavy (non-hydrogen) atoms. The molecule has 0 amide bonds. The lowest BCUT2D eigenvalue weighted by molar-refractivity contribution is -0.172. The average molecular weight is 709 g/mol. The van der Waals surface area contributed by atoms with E-state index in [-0.39, 0.29) is 71.6 Å². The number of hydrogen-bond acceptors (Lipinski definition) is 8. The van der Waals surface area contributed by atoms with Gasteiger partial charge in [0.25, 0.3) is 0 Å². The Hall–Kier alpha value is -1.78. The monoisotopic (exact) mass is 709 g/mol. The lowest BCUT2D eigenvalue weighted by Crippen LogP contribution is -2.44. The summed E-state index contributed by atoms with van der Waals surface area (Å²) in [6.07, 6.45) is 10.8. The van der Waals surface area contributed by atoms with E-state index in [0.29, 0.717) is 25.7 Å². The van der Waals surface area contributed by atoms with Crippen LogP contribution in [0.2, 0.25) is 0 Å². The van der Waals surface area contributed by atoms with Crippen molar-refractivity contribution in [2.45, 2.75) is 182 Å². The largest absolute Gasteiger partial charge is 0.512 e. The number of aliphatic hydroxyl groups is 4. The molecule has 9 nitrogen and oxygen atoms in total. The average Bonchev–Trinajstić information content (AvgIpc) is 3.63. The standard InChI is InChI=1S/C41H72O9/c1-25(21-29(5)34(43)24-35(44)30(6)22-27(3)20-26(2)14-15-38(46)47)12-11-13-28(4)39(48)31(7)36(45)23-33-16-18-41(10,49-33)37-17-19-40(9,50-37)32(8)42/h11,13,24-33,36-37,39,42-43,45,48H,12,14-23H2,1-10H3,(H,46,47)/b13-11+,34-24-/t25-,26-,27+,28-,29-,30+,31+,32-,33?,36-,37?,39-,40-,41-/m0/s1. The van der Waals surface area contributed by atoms with Gasteiger partial charge in [0.05, 0.1) is 47.5 Å². The molecule has 2 rings (SSSR count). The van der Waals surface area contributed by atoms with Crippen LogP contribution in [0, 0.1) is 41.4 Å². The minimum absolute atomic E-state index is 0.0809. The first kappa shape index (κ1) is 44.4. The molecule has 2 fully saturated rings. The van der Waals surface area contributed by atoms with Crippen LogP contribution in [0.1, 0.15) is 140 Å². The van der Waals surface area contributed by atoms with E-state index in [9.17, 15) is 30.0 Å². The molecular weight excluding hydrogens is 636 g/mol. The van der Waals surface area contributed by atoms with E-state index < -0.39 is 35.5 Å². The van der Waals surface area contributed by atoms with Crippen LogP contribution in [0.15, 0.2) is 24.0 Å². The van der Waals surface area contributed by atoms with Gasteiger partial charge < -0.3 is 35.0 Å². The predicted molar refractivity (Wildman–Crippen MR) is 198 cm³/mol. The molecular formula is C41H72O9. The van der Waals surface area contributed by atoms with Gasteiger partial charge in [-0.3, -0.25) is 9.59 Å². The van der Waals surface area contributed by atoms with Crippen LogP contribution in [0.5, 0.6) is 0 Å². The smallest absolute Gasteiger partial charge is 0.303 e. The van der Waals surface area contributed by atoms with Crippen molar-refractivity contribution < 1.29 is 44.6 Å². The number of carboxylic acid groups (broad SMARTS) is 1. The van der Waals surface area contributed by atoms with E-state index in [1.807, 2.05) is 40.7 Å². The summed E-state index contributed by atoms with van der Waals surface area (Å²) in [5.74, 6) is -0.810. The number of carbonyl (C=O) groups is 2. The van der Waals surface area contributed by atoms with E-state index in [4.69, 9.17) is 14.6 Å². The molecule has 0 radical (unpaired) electrons. The van der Waals surface area contributed by atoms with Gasteiger partial charge in [0.15, 0.2) is 5.78 Å². The van der Waals surface area contributed by atoms with E-state index >= 15 is 0 Å². The topological polar surface area (TPSA) is 154 Å². The van der Waals surface area contributed by atoms with Crippen molar-refractivity contribution in [1.82, 2.24) is 0 Å². The van der Waals surface area contributed by atoms with E-state index in [2.05, 4.69) is 33.8 Å². The predicted octanol–water partition coefficient (Wildman–Crippen LogP) is 7.80. The normalized spacial score (nSPS) is 30.7. The zero-order valence-electron chi connectivity index (χ0n) is 32.8. The summed E-state index contributed by atoms with van der Waals surface area (Å²) in [7, 11) is 0. The molecule has 2 saturated heterocycles. The number of rotatable bonds is 22. The molecule has 0 aromatic carbocycles. The summed E-state index contributed by atoms with van der Waals surface area (Å²) in [5.41, 5.74) is -1.01. The Morgan fingerprint density at radius 3 is 2.06 bits per heavy atom. The molecule has 2 aliphatic heterocycles. The van der Waals surface area contributed by atoms with E-state index in [0.717, 1.165) is 38.5 Å². The minimum atomic E-state index is -0.781. The molecule has 290 valence electrons. The molecule has 2 aliphatic rings. The number of hydrogen-bond donors (Lipinski definition) is 5. The molecule has 0 saturated carbocycles. The van der Waals surface area contributed by atoms with Crippen molar-refractivity contribution in [2.75, 3.05) is 0 Å². The molecule has 5 N–H and O–H groups in total. The molecule has 2 unspecified atom stereocenters. The molecule has 9 heteroatoms. The van der Waals surface area contributed by atoms with Crippen LogP contribution in [0.3, 0.4) is 0 Å². The van der Waals surface area contributed by atoms with Gasteiger partial charge >= 0.3 is 5.97 Å². The Balaban J connectivity index is 1.77. The van der Waals surface area contributed by atoms with Gasteiger partial charge in [-0.1, -0.05) is 60.6 Å². The SMILES string of the molecule is C[C@H](C[C@@H](C)CCC(=O)O)C[C@@H](C)C(=O)/C=C(\O)[C@@H](C)C[C@@H](C)C/C=C/[C@H](C)[C@H](O)[C@H](C)[C@@H](O)CC1CC[C@@](C)(C2CC[C@@](C)([C@H](C)O)O2)O1. The molecule has 0 aliphatic carbocycles. The summed E-state index contributed by atoms with van der Waals surface area (Å²) < 4.78 is 12.7. The quantitative estimate of drug-likeness (QED) is 0.0431. The van der Waals surface area contributed by atoms with Crippen LogP contribution < -0.4 is 0 Å². The maximum absolute atomic E-state index is 12.8. The van der Waals surface area contributed by atoms with Gasteiger partial charge in [0, 0.05) is 36.2 Å². The van der Waals surface area contributed by atoms with Crippen LogP contribution in [-0.4, -0.2) is 79.0 Å². The van der Waals surface area contributed by atoms with Crippen molar-refractivity contribution in [3.8, 4) is 0 Å². The summed E-state index contributed by atoms with van der Waals surface area (Å²) >= 11 is 0. The highest BCUT2D eigenvalue weighted by Crippen LogP contribution is 2.45. The molecule has 14 atom stereocenters. The molecule has 0 bridgehead atoms. The van der Waals surface area contributed by atoms with Gasteiger partial charge in [-0.15, -0.1) is 0 Å². The van der Waals surface area contributed by atoms with Crippen molar-refractivity contribution in [2.24, 2.45) is 41.4 Å². The van der Waals surface area contributed by atoms with Gasteiger partial charge in [-0.25, -0.2) is 0 Å². The summed E-state index contributed by atoms with van der Waals surface area (Å²) in [5, 5.41) is 51.9. The lowest BCUT2D eigenvalue weighted by Gasteiger charge is -2.35. The van der Waals surface area contributed by atoms with Gasteiger partial charge in [-0.05, 0) is 103 Å². The summed E-state index contributed by atoms with van der Waals surface area (Å²) in [6, 6.07) is 0. The number of ether oxygens (including phenoxy) is 2. The van der Waals surface area contributed by atoms with Crippen LogP contribution in [-0.2, 0) is 19.1 Å². The Labute approximate surface area is 302 Å². The first-order valence-corrected chi connectivity index (χ1v) is 19.4. The second-order valence-corrected chi connectivity index (χ2v) is 17.1. The van der Waals surface area contributed by atoms with E-state index in [1.54, 1.807) is 6.92 Å². The van der Waals surface area contributed by atoms with Crippen molar-refractivity contribution in [3.63, 3.8) is 0 Å². The fourth-order valence-corrected chi connectivity index (χ4v) is 8.02. The summed E-state index contributed by atoms with van der Waals surface area (Å²) in [6.45, 7) is 19.7. The van der Waals surface area contributed by atoms with Gasteiger partial charge in [-0.2, -0.15) is 0 Å². The third kappa shape index (κ3) is 13.6. The molecule has 0 aromatic rings. The van der Waals surface area contributed by atoms with Crippen molar-refractivity contribution in [1.29, 1.82) is 0 Å². The van der Waals surface area contributed by atoms with Gasteiger partial charge in [0.1, 0.15) is 0 Å². The molecule has 2 heterocycles. The number of ketones is 1. The van der Waals surface area contributed by atoms with Crippen LogP contribution in [0.25, 0.3) is 0 Å². The highest BCUT2D eigenvalue weighted by molar-refractivity contribution is 5.91. The second-order valence-electron chi connectivity index (χ2n) is 17.1. The maximum atomic E-state index is 12.8. The zero-order valence-corrected chi connectivity index (χ0v) is 32.8. The van der Waals surface area contributed by atoms with Crippen LogP contribution >= 0.6 is 0 Å². The van der Waals surface area contributed by atoms with Gasteiger partial charge in [0.2, 0.25) is 0 Å². The second kappa shape index (κ2) is 19.9. The lowest BCUT2D eigenvalue weighted by atomic mass is 9.85. The fourth-order valence-electron chi connectivity index (χ4n) is 8.02. The number of aliphatic hydroxyl groups excluding tert-OH is 4. The number of allylic oxidation sites excluding steroid dienone is 3. The van der Waals surface area contributed by atoms with Crippen molar-refractivity contribution in [3.05, 3.63) is 24.0 Å². The Kier molecular flexibility index (Phi) is 17.7. The first-order chi connectivity index (χ1) is 23.2. The maximum Gasteiger partial charge on any atom is 0.303 e. The molecule has 0 spiro atoms. The Morgan fingerprint density at radius 1 is 0.820 bits per heavy atom.